The fourth-order valence-corrected chi connectivity index (χ4v) is 3.65. The number of aliphatic imine (C=N–C) groups is 1. The Balaban J connectivity index is 2.37. The minimum Gasteiger partial charge on any atom is -0.286 e. The van der Waals surface area contributed by atoms with Crippen molar-refractivity contribution in [3.8, 4) is 0 Å². The van der Waals surface area contributed by atoms with Gasteiger partial charge < -0.3 is 0 Å². The molecule has 0 amide bonds. The molecular formula is C13H17NO6S2+. The molecule has 1 heterocycles. The summed E-state index contributed by atoms with van der Waals surface area (Å²) < 4.78 is 62.2. The van der Waals surface area contributed by atoms with E-state index in [9.17, 15) is 16.8 Å². The largest absolute Gasteiger partial charge is 0.294 e. The van der Waals surface area contributed by atoms with Crippen molar-refractivity contribution >= 4 is 31.6 Å². The van der Waals surface area contributed by atoms with E-state index in [0.29, 0.717) is 17.7 Å². The second kappa shape index (κ2) is 5.41. The Labute approximate surface area is 129 Å². The van der Waals surface area contributed by atoms with Gasteiger partial charge in [0.1, 0.15) is 0 Å². The van der Waals surface area contributed by atoms with E-state index in [-0.39, 0.29) is 17.1 Å². The van der Waals surface area contributed by atoms with Crippen LogP contribution in [0.2, 0.25) is 0 Å². The zero-order valence-corrected chi connectivity index (χ0v) is 13.8. The lowest BCUT2D eigenvalue weighted by Crippen LogP contribution is -2.29. The van der Waals surface area contributed by atoms with Gasteiger partial charge in [0, 0.05) is 18.6 Å². The fraction of sp³-hybridized carbons (Fsp3) is 0.462. The Hall–Kier alpha value is -1.29. The quantitative estimate of drug-likeness (QED) is 0.774. The number of fused-ring (bicyclic) bond motifs is 1. The molecule has 22 heavy (non-hydrogen) atoms. The van der Waals surface area contributed by atoms with Gasteiger partial charge >= 0.3 is 0 Å². The van der Waals surface area contributed by atoms with Gasteiger partial charge in [0.25, 0.3) is 25.9 Å². The topological polar surface area (TPSA) is 123 Å². The van der Waals surface area contributed by atoms with Gasteiger partial charge in [0.05, 0.1) is 21.1 Å². The first-order chi connectivity index (χ1) is 9.93. The first-order valence-electron chi connectivity index (χ1n) is 6.56. The summed E-state index contributed by atoms with van der Waals surface area (Å²) in [5.74, 6) is -0.372. The van der Waals surface area contributed by atoms with Crippen LogP contribution >= 0.6 is 0 Å². The summed E-state index contributed by atoms with van der Waals surface area (Å²) in [5.41, 5.74) is 1.31. The van der Waals surface area contributed by atoms with E-state index in [1.807, 2.05) is 6.92 Å². The highest BCUT2D eigenvalue weighted by atomic mass is 32.2. The van der Waals surface area contributed by atoms with Crippen molar-refractivity contribution in [3.05, 3.63) is 23.8 Å². The van der Waals surface area contributed by atoms with E-state index in [0.717, 1.165) is 5.71 Å². The van der Waals surface area contributed by atoms with Crippen LogP contribution in [-0.2, 0) is 25.7 Å². The molecule has 1 radical (unpaired) electrons. The van der Waals surface area contributed by atoms with E-state index >= 15 is 0 Å². The van der Waals surface area contributed by atoms with Crippen molar-refractivity contribution in [3.63, 3.8) is 0 Å². The van der Waals surface area contributed by atoms with Gasteiger partial charge in [-0.25, -0.2) is 0 Å². The van der Waals surface area contributed by atoms with Crippen LogP contribution in [-0.4, -0.2) is 37.4 Å². The van der Waals surface area contributed by atoms with E-state index in [1.54, 1.807) is 6.92 Å². The highest BCUT2D eigenvalue weighted by molar-refractivity contribution is 7.86. The zero-order valence-electron chi connectivity index (χ0n) is 12.1. The van der Waals surface area contributed by atoms with Crippen molar-refractivity contribution < 1.29 is 25.9 Å². The Morgan fingerprint density at radius 1 is 1.18 bits per heavy atom. The summed E-state index contributed by atoms with van der Waals surface area (Å²) in [6, 6.07) is 4.14. The number of hydrogen-bond acceptors (Lipinski definition) is 5. The maximum absolute atomic E-state index is 11.3. The minimum absolute atomic E-state index is 0.206. The van der Waals surface area contributed by atoms with Crippen molar-refractivity contribution in [2.24, 2.45) is 0 Å². The molecule has 0 aromatic heterocycles. The smallest absolute Gasteiger partial charge is 0.286 e. The van der Waals surface area contributed by atoms with Gasteiger partial charge in [0.15, 0.2) is 0 Å². The van der Waals surface area contributed by atoms with Gasteiger partial charge in [0.2, 0.25) is 5.71 Å². The van der Waals surface area contributed by atoms with Crippen LogP contribution in [0.5, 0.6) is 0 Å². The van der Waals surface area contributed by atoms with Crippen molar-refractivity contribution in [1.82, 2.24) is 4.99 Å². The lowest BCUT2D eigenvalue weighted by atomic mass is 9.76. The summed E-state index contributed by atoms with van der Waals surface area (Å²) in [6.45, 7) is 3.61. The van der Waals surface area contributed by atoms with Crippen LogP contribution in [0.3, 0.4) is 0 Å². The van der Waals surface area contributed by atoms with Crippen LogP contribution < -0.4 is 4.99 Å². The first kappa shape index (κ1) is 17.1. The Bertz CT molecular complexity index is 841. The van der Waals surface area contributed by atoms with Crippen LogP contribution in [0.1, 0.15) is 32.3 Å². The molecule has 1 aliphatic heterocycles. The molecule has 1 atom stereocenters. The normalized spacial score (nSPS) is 21.5. The summed E-state index contributed by atoms with van der Waals surface area (Å²) in [6.07, 6.45) is 0.585. The lowest BCUT2D eigenvalue weighted by Gasteiger charge is -2.20. The predicted molar refractivity (Wildman–Crippen MR) is 81.7 cm³/mol. The average molecular weight is 347 g/mol. The molecule has 0 aliphatic carbocycles. The predicted octanol–water partition coefficient (Wildman–Crippen LogP) is 1.30. The van der Waals surface area contributed by atoms with Gasteiger partial charge in [-0.05, 0) is 31.9 Å². The fourth-order valence-electron chi connectivity index (χ4n) is 2.64. The molecule has 0 saturated heterocycles. The van der Waals surface area contributed by atoms with E-state index in [4.69, 9.17) is 9.11 Å². The zero-order chi connectivity index (χ0) is 16.8. The third-order valence-electron chi connectivity index (χ3n) is 4.03. The monoisotopic (exact) mass is 347 g/mol. The molecule has 2 rings (SSSR count). The van der Waals surface area contributed by atoms with Gasteiger partial charge in [-0.15, -0.1) is 0 Å². The van der Waals surface area contributed by atoms with Gasteiger partial charge in [-0.2, -0.15) is 16.8 Å². The van der Waals surface area contributed by atoms with E-state index in [2.05, 4.69) is 4.99 Å². The Morgan fingerprint density at radius 2 is 1.82 bits per heavy atom. The van der Waals surface area contributed by atoms with Crippen LogP contribution in [0.25, 0.3) is 0 Å². The Morgan fingerprint density at radius 3 is 2.36 bits per heavy atom. The van der Waals surface area contributed by atoms with Crippen molar-refractivity contribution in [1.29, 1.82) is 0 Å². The number of hydrogen-bond donors (Lipinski definition) is 2. The molecule has 0 spiro atoms. The molecule has 0 saturated carbocycles. The first-order valence-corrected chi connectivity index (χ1v) is 9.61. The average Bonchev–Trinajstić information content (AvgIpc) is 2.59. The van der Waals surface area contributed by atoms with Gasteiger partial charge in [-0.1, -0.05) is 0 Å². The van der Waals surface area contributed by atoms with E-state index in [1.165, 1.54) is 18.2 Å². The molecule has 1 aliphatic rings. The van der Waals surface area contributed by atoms with E-state index < -0.39 is 25.7 Å². The van der Waals surface area contributed by atoms with Crippen molar-refractivity contribution in [2.45, 2.75) is 37.0 Å². The third-order valence-corrected chi connectivity index (χ3v) is 5.68. The SMILES string of the molecule is CC1=[N+]c2ccc(S(=O)(=O)O)cc2C1(C)CCCS(=O)(=O)O. The summed E-state index contributed by atoms with van der Waals surface area (Å²) in [7, 11) is -8.37. The molecule has 0 fully saturated rings. The molecule has 121 valence electrons. The lowest BCUT2D eigenvalue weighted by molar-refractivity contribution is 0.475. The molecule has 7 nitrogen and oxygen atoms in total. The number of nitrogens with zero attached hydrogens (tertiary/aromatic N) is 1. The third kappa shape index (κ3) is 3.37. The highest BCUT2D eigenvalue weighted by Crippen LogP contribution is 2.40. The summed E-state index contributed by atoms with van der Waals surface area (Å²) >= 11 is 0. The van der Waals surface area contributed by atoms with Gasteiger partial charge in [-0.3, -0.25) is 9.11 Å². The minimum atomic E-state index is -4.32. The Kier molecular flexibility index (Phi) is 4.20. The van der Waals surface area contributed by atoms with Crippen LogP contribution in [0.4, 0.5) is 5.69 Å². The van der Waals surface area contributed by atoms with Crippen LogP contribution in [0.15, 0.2) is 23.1 Å². The maximum Gasteiger partial charge on any atom is 0.294 e. The standard InChI is InChI=1S/C13H17NO6S2/c1-9-13(2,6-3-7-21(15,16)17)11-8-10(22(18,19)20)4-5-12(11)14-9/h4-5,8H,3,6-7H2,1-2H3,(H,15,16,17)(H,18,19,20)/q+1. The molecule has 0 bridgehead atoms. The number of rotatable bonds is 5. The van der Waals surface area contributed by atoms with Crippen LogP contribution in [0, 0.1) is 0 Å². The van der Waals surface area contributed by atoms with Crippen molar-refractivity contribution in [2.75, 3.05) is 5.75 Å². The second-order valence-corrected chi connectivity index (χ2v) is 8.57. The molecule has 1 aromatic rings. The molecule has 9 heteroatoms. The summed E-state index contributed by atoms with van der Waals surface area (Å²) in [4.78, 5) is 4.15. The molecule has 1 aromatic carbocycles. The second-order valence-electron chi connectivity index (χ2n) is 5.57. The summed E-state index contributed by atoms with van der Waals surface area (Å²) in [5, 5.41) is 0. The molecule has 1 unspecified atom stereocenters. The maximum atomic E-state index is 11.3. The molecule has 2 N–H and O–H groups in total. The number of benzene rings is 1. The molecular weight excluding hydrogens is 330 g/mol. The highest BCUT2D eigenvalue weighted by Gasteiger charge is 2.46.